The highest BCUT2D eigenvalue weighted by molar-refractivity contribution is 6.04. The van der Waals surface area contributed by atoms with Crippen molar-refractivity contribution in [2.75, 3.05) is 17.2 Å². The van der Waals surface area contributed by atoms with Crippen molar-refractivity contribution in [2.45, 2.75) is 6.18 Å². The zero-order valence-electron chi connectivity index (χ0n) is 16.6. The zero-order valence-corrected chi connectivity index (χ0v) is 16.6. The summed E-state index contributed by atoms with van der Waals surface area (Å²) in [5, 5.41) is 13.2. The monoisotopic (exact) mass is 463 g/mol. The number of aromatic nitrogens is 2. The Balaban J connectivity index is 1.76. The number of ether oxygens (including phenoxy) is 1. The van der Waals surface area contributed by atoms with Crippen molar-refractivity contribution in [3.05, 3.63) is 59.8 Å². The predicted octanol–water partition coefficient (Wildman–Crippen LogP) is 3.30. The van der Waals surface area contributed by atoms with Gasteiger partial charge in [-0.1, -0.05) is 6.07 Å². The molecule has 3 amide bonds. The minimum atomic E-state index is -4.58. The molecule has 0 spiro atoms. The normalized spacial score (nSPS) is 11.0. The number of urea groups is 1. The number of H-pyrrole nitrogens is 1. The van der Waals surface area contributed by atoms with Crippen molar-refractivity contribution in [3.8, 4) is 17.1 Å². The smallest absolute Gasteiger partial charge is 0.416 e. The lowest BCUT2D eigenvalue weighted by Crippen LogP contribution is -2.22. The average molecular weight is 463 g/mol. The van der Waals surface area contributed by atoms with Crippen LogP contribution in [0.3, 0.4) is 0 Å². The highest BCUT2D eigenvalue weighted by atomic mass is 19.4. The summed E-state index contributed by atoms with van der Waals surface area (Å²) in [7, 11) is 0. The van der Waals surface area contributed by atoms with E-state index in [1.165, 1.54) is 30.3 Å². The first-order valence-electron chi connectivity index (χ1n) is 9.13. The fraction of sp³-hybridized carbons (Fsp3) is 0.100. The molecule has 0 aliphatic carbocycles. The van der Waals surface area contributed by atoms with E-state index in [1.54, 1.807) is 0 Å². The Labute approximate surface area is 183 Å². The molecule has 0 aliphatic rings. The number of benzene rings is 2. The van der Waals surface area contributed by atoms with E-state index in [0.29, 0.717) is 5.56 Å². The Hall–Kier alpha value is -4.55. The van der Waals surface area contributed by atoms with Gasteiger partial charge in [0.05, 0.1) is 5.56 Å². The number of nitrogens with zero attached hydrogens (tertiary/aromatic N) is 1. The van der Waals surface area contributed by atoms with Gasteiger partial charge in [0, 0.05) is 11.3 Å². The number of nitrogens with one attached hydrogen (secondary N) is 3. The second kappa shape index (κ2) is 9.30. The molecule has 0 unspecified atom stereocenters. The molecule has 10 nitrogen and oxygen atoms in total. The number of primary amides is 1. The van der Waals surface area contributed by atoms with E-state index < -0.39 is 36.3 Å². The number of carbonyl (C=O) groups is 3. The maximum absolute atomic E-state index is 12.8. The number of carbonyl (C=O) groups excluding carboxylic acids is 2. The highest BCUT2D eigenvalue weighted by Crippen LogP contribution is 2.30. The quantitative estimate of drug-likeness (QED) is 0.361. The zero-order chi connectivity index (χ0) is 24.2. The van der Waals surface area contributed by atoms with E-state index in [4.69, 9.17) is 15.6 Å². The van der Waals surface area contributed by atoms with Crippen LogP contribution in [0.2, 0.25) is 0 Å². The molecular weight excluding hydrogens is 447 g/mol. The molecule has 0 aliphatic heterocycles. The third-order valence-electron chi connectivity index (χ3n) is 4.11. The number of anilines is 2. The minimum Gasteiger partial charge on any atom is -0.482 e. The summed E-state index contributed by atoms with van der Waals surface area (Å²) in [4.78, 5) is 41.3. The van der Waals surface area contributed by atoms with Gasteiger partial charge in [0.25, 0.3) is 5.91 Å². The maximum Gasteiger partial charge on any atom is 0.416 e. The van der Waals surface area contributed by atoms with Crippen molar-refractivity contribution in [2.24, 2.45) is 5.73 Å². The number of carboxylic acid groups (broad SMARTS) is 1. The molecule has 2 aromatic carbocycles. The number of imidazole rings is 1. The van der Waals surface area contributed by atoms with Gasteiger partial charge in [-0.25, -0.2) is 14.6 Å². The summed E-state index contributed by atoms with van der Waals surface area (Å²) in [6.07, 6.45) is -4.58. The van der Waals surface area contributed by atoms with E-state index >= 15 is 0 Å². The van der Waals surface area contributed by atoms with Crippen LogP contribution >= 0.6 is 0 Å². The molecule has 0 bridgehead atoms. The molecule has 0 saturated heterocycles. The van der Waals surface area contributed by atoms with Gasteiger partial charge in [0.2, 0.25) is 0 Å². The lowest BCUT2D eigenvalue weighted by Gasteiger charge is -2.10. The summed E-state index contributed by atoms with van der Waals surface area (Å²) in [5.41, 5.74) is 4.37. The number of hydrogen-bond acceptors (Lipinski definition) is 5. The van der Waals surface area contributed by atoms with Crippen LogP contribution in [0.5, 0.6) is 5.75 Å². The number of amides is 3. The first kappa shape index (κ1) is 23.1. The number of halogens is 3. The summed E-state index contributed by atoms with van der Waals surface area (Å²) in [6.45, 7) is -0.527. The van der Waals surface area contributed by atoms with Crippen LogP contribution in [0.1, 0.15) is 16.1 Å². The summed E-state index contributed by atoms with van der Waals surface area (Å²) >= 11 is 0. The van der Waals surface area contributed by atoms with Gasteiger partial charge in [0.1, 0.15) is 17.4 Å². The van der Waals surface area contributed by atoms with Crippen molar-refractivity contribution >= 4 is 29.4 Å². The molecule has 0 fully saturated rings. The van der Waals surface area contributed by atoms with Crippen LogP contribution in [0.15, 0.2) is 48.5 Å². The molecule has 0 radical (unpaired) electrons. The van der Waals surface area contributed by atoms with E-state index in [0.717, 1.165) is 18.2 Å². The van der Waals surface area contributed by atoms with Crippen molar-refractivity contribution in [1.82, 2.24) is 9.97 Å². The molecule has 13 heteroatoms. The summed E-state index contributed by atoms with van der Waals surface area (Å²) in [6, 6.07) is 9.04. The largest absolute Gasteiger partial charge is 0.482 e. The Morgan fingerprint density at radius 3 is 2.39 bits per heavy atom. The number of rotatable bonds is 7. The van der Waals surface area contributed by atoms with E-state index in [2.05, 4.69) is 20.6 Å². The maximum atomic E-state index is 12.8. The molecular formula is C20H16F3N5O5. The Morgan fingerprint density at radius 1 is 1.09 bits per heavy atom. The molecule has 1 aromatic heterocycles. The molecule has 3 aromatic rings. The van der Waals surface area contributed by atoms with E-state index in [9.17, 15) is 27.6 Å². The van der Waals surface area contributed by atoms with Gasteiger partial charge in [-0.15, -0.1) is 0 Å². The Kier molecular flexibility index (Phi) is 6.51. The average Bonchev–Trinajstić information content (AvgIpc) is 3.16. The number of aliphatic carboxylic acids is 1. The van der Waals surface area contributed by atoms with Crippen molar-refractivity contribution < 1.29 is 37.4 Å². The van der Waals surface area contributed by atoms with Crippen LogP contribution in [0.25, 0.3) is 11.4 Å². The van der Waals surface area contributed by atoms with Gasteiger partial charge in [0.15, 0.2) is 12.3 Å². The highest BCUT2D eigenvalue weighted by Gasteiger charge is 2.30. The molecule has 0 atom stereocenters. The van der Waals surface area contributed by atoms with Crippen molar-refractivity contribution in [3.63, 3.8) is 0 Å². The number of alkyl halides is 3. The summed E-state index contributed by atoms with van der Waals surface area (Å²) in [5.74, 6) is -1.86. The van der Waals surface area contributed by atoms with Crippen LogP contribution in [-0.2, 0) is 11.0 Å². The van der Waals surface area contributed by atoms with Crippen LogP contribution < -0.4 is 21.1 Å². The fourth-order valence-electron chi connectivity index (χ4n) is 2.68. The van der Waals surface area contributed by atoms with Gasteiger partial charge in [-0.3, -0.25) is 10.1 Å². The van der Waals surface area contributed by atoms with Gasteiger partial charge >= 0.3 is 18.2 Å². The lowest BCUT2D eigenvalue weighted by molar-refractivity contribution is -0.139. The molecule has 33 heavy (non-hydrogen) atoms. The second-order valence-corrected chi connectivity index (χ2v) is 6.54. The molecule has 1 heterocycles. The number of aromatic amines is 1. The first-order chi connectivity index (χ1) is 15.5. The van der Waals surface area contributed by atoms with Crippen LogP contribution in [0.4, 0.5) is 29.5 Å². The number of hydrogen-bond donors (Lipinski definition) is 5. The third kappa shape index (κ3) is 6.00. The third-order valence-corrected chi connectivity index (χ3v) is 4.11. The van der Waals surface area contributed by atoms with Gasteiger partial charge < -0.3 is 25.9 Å². The molecule has 172 valence electrons. The minimum absolute atomic E-state index is 0.125. The molecule has 0 saturated carbocycles. The van der Waals surface area contributed by atoms with Gasteiger partial charge in [-0.05, 0) is 42.5 Å². The van der Waals surface area contributed by atoms with Crippen LogP contribution in [-0.4, -0.2) is 39.6 Å². The Morgan fingerprint density at radius 2 is 1.79 bits per heavy atom. The SMILES string of the molecule is NC(=O)c1nc(-c2ccc(OCC(=O)O)cc2)[nH]c1NC(=O)Nc1cccc(C(F)(F)F)c1. The van der Waals surface area contributed by atoms with Crippen molar-refractivity contribution in [1.29, 1.82) is 0 Å². The van der Waals surface area contributed by atoms with Gasteiger partial charge in [-0.2, -0.15) is 13.2 Å². The van der Waals surface area contributed by atoms with E-state index in [1.807, 2.05) is 0 Å². The molecule has 3 rings (SSSR count). The topological polar surface area (TPSA) is 159 Å². The summed E-state index contributed by atoms with van der Waals surface area (Å²) < 4.78 is 43.5. The predicted molar refractivity (Wildman–Crippen MR) is 110 cm³/mol. The molecule has 6 N–H and O–H groups in total. The Bertz CT molecular complexity index is 1190. The number of carboxylic acids is 1. The number of nitrogens with two attached hydrogens (primary N) is 1. The second-order valence-electron chi connectivity index (χ2n) is 6.54. The van der Waals surface area contributed by atoms with Crippen LogP contribution in [0, 0.1) is 0 Å². The van der Waals surface area contributed by atoms with E-state index in [-0.39, 0.29) is 28.8 Å². The lowest BCUT2D eigenvalue weighted by atomic mass is 10.2. The fourth-order valence-corrected chi connectivity index (χ4v) is 2.68. The first-order valence-corrected chi connectivity index (χ1v) is 9.13. The standard InChI is InChI=1S/C20H16F3N5O5/c21-20(22,23)11-2-1-3-12(8-11)25-19(32)28-18-15(16(24)31)26-17(27-18)10-4-6-13(7-5-10)33-9-14(29)30/h1-8H,9H2,(H2,24,31)(H,26,27)(H,29,30)(H2,25,28,32).